The van der Waals surface area contributed by atoms with E-state index in [4.69, 9.17) is 0 Å². The van der Waals surface area contributed by atoms with E-state index in [1.165, 1.54) is 11.9 Å². The van der Waals surface area contributed by atoms with Crippen LogP contribution in [0.4, 0.5) is 0 Å². The molecule has 0 saturated heterocycles. The van der Waals surface area contributed by atoms with Gasteiger partial charge in [0.2, 0.25) is 0 Å². The van der Waals surface area contributed by atoms with Gasteiger partial charge in [0.15, 0.2) is 0 Å². The highest BCUT2D eigenvalue weighted by atomic mass is 14.9. The Hall–Kier alpha value is -10.6. The van der Waals surface area contributed by atoms with Crippen LogP contribution in [0.5, 0.6) is 0 Å². The first-order valence-electron chi connectivity index (χ1n) is 24.5. The Labute approximate surface area is 453 Å². The van der Waals surface area contributed by atoms with E-state index in [1.807, 2.05) is 151 Å². The molecule has 17 nitrogen and oxygen atoms in total. The topological polar surface area (TPSA) is 219 Å². The van der Waals surface area contributed by atoms with E-state index in [0.717, 1.165) is 95.6 Å². The van der Waals surface area contributed by atoms with Gasteiger partial charge in [-0.15, -0.1) is 0 Å². The number of nitrogens with zero attached hydrogens (tertiary/aromatic N) is 17. The van der Waals surface area contributed by atoms with Crippen molar-refractivity contribution in [2.75, 3.05) is 0 Å². The minimum atomic E-state index is 0.891. The molecule has 12 aromatic rings. The average Bonchev–Trinajstić information content (AvgIpc) is 3.50. The van der Waals surface area contributed by atoms with E-state index in [-0.39, 0.29) is 0 Å². The van der Waals surface area contributed by atoms with Crippen molar-refractivity contribution in [3.05, 3.63) is 262 Å². The highest BCUT2D eigenvalue weighted by Crippen LogP contribution is 2.22. The van der Waals surface area contributed by atoms with E-state index >= 15 is 0 Å². The smallest absolute Gasteiger partial charge is 0.116 e. The van der Waals surface area contributed by atoms with Gasteiger partial charge in [-0.25, -0.2) is 59.8 Å². The predicted molar refractivity (Wildman–Crippen MR) is 302 cm³/mol. The minimum Gasteiger partial charge on any atom is -0.265 e. The number of hydrogen-bond donors (Lipinski definition) is 0. The molecule has 0 saturated carbocycles. The lowest BCUT2D eigenvalue weighted by Gasteiger charge is -2.02. The second kappa shape index (κ2) is 30.0. The Morgan fingerprint density at radius 3 is 1.10 bits per heavy atom. The van der Waals surface area contributed by atoms with E-state index in [1.54, 1.807) is 99.8 Å². The maximum Gasteiger partial charge on any atom is 0.116 e. The Morgan fingerprint density at radius 2 is 0.641 bits per heavy atom. The number of pyridine rings is 5. The van der Waals surface area contributed by atoms with Crippen LogP contribution in [-0.4, -0.2) is 84.7 Å². The summed E-state index contributed by atoms with van der Waals surface area (Å²) in [6, 6.07) is 33.4. The molecule has 11 aromatic heterocycles. The Balaban J connectivity index is 0.000000136. The molecule has 0 unspecified atom stereocenters. The van der Waals surface area contributed by atoms with Crippen LogP contribution in [-0.2, 0) is 0 Å². The van der Waals surface area contributed by atoms with Crippen molar-refractivity contribution in [1.29, 1.82) is 0 Å². The van der Waals surface area contributed by atoms with Gasteiger partial charge in [0, 0.05) is 132 Å². The van der Waals surface area contributed by atoms with Gasteiger partial charge < -0.3 is 0 Å². The zero-order valence-electron chi connectivity index (χ0n) is 44.0. The van der Waals surface area contributed by atoms with Crippen LogP contribution >= 0.6 is 0 Å². The Kier molecular flexibility index (Phi) is 21.2. The quantitative estimate of drug-likeness (QED) is 0.151. The third kappa shape index (κ3) is 16.7. The molecule has 0 spiro atoms. The maximum atomic E-state index is 4.23. The molecular formula is C61H55N17. The fourth-order valence-electron chi connectivity index (χ4n) is 7.24. The molecule has 0 fully saturated rings. The lowest BCUT2D eigenvalue weighted by molar-refractivity contribution is 1.10. The van der Waals surface area contributed by atoms with Gasteiger partial charge >= 0.3 is 0 Å². The first kappa shape index (κ1) is 55.2. The number of benzene rings is 1. The molecule has 1 aromatic carbocycles. The second-order valence-corrected chi connectivity index (χ2v) is 16.7. The fraction of sp³-hybridized carbons (Fsp3) is 0.0984. The summed E-state index contributed by atoms with van der Waals surface area (Å²) in [5.74, 6) is 0. The van der Waals surface area contributed by atoms with Gasteiger partial charge in [-0.3, -0.25) is 24.9 Å². The summed E-state index contributed by atoms with van der Waals surface area (Å²) in [4.78, 5) is 69.2. The molecule has 0 bridgehead atoms. The molecule has 0 amide bonds. The van der Waals surface area contributed by atoms with Crippen LogP contribution < -0.4 is 0 Å². The number of rotatable bonds is 6. The molecule has 0 radical (unpaired) electrons. The van der Waals surface area contributed by atoms with Crippen LogP contribution in [0, 0.1) is 41.5 Å². The molecule has 384 valence electrons. The molecule has 0 aliphatic carbocycles. The van der Waals surface area contributed by atoms with Crippen molar-refractivity contribution >= 4 is 0 Å². The molecule has 12 rings (SSSR count). The fourth-order valence-corrected chi connectivity index (χ4v) is 7.24. The van der Waals surface area contributed by atoms with Crippen LogP contribution in [0.15, 0.2) is 228 Å². The highest BCUT2D eigenvalue weighted by molar-refractivity contribution is 5.65. The van der Waals surface area contributed by atoms with Gasteiger partial charge in [0.05, 0.1) is 34.2 Å². The maximum absolute atomic E-state index is 4.23. The number of hydrogen-bond acceptors (Lipinski definition) is 17. The summed E-state index contributed by atoms with van der Waals surface area (Å²) < 4.78 is 0. The zero-order valence-corrected chi connectivity index (χ0v) is 44.0. The van der Waals surface area contributed by atoms with Crippen LogP contribution in [0.25, 0.3) is 67.4 Å². The molecule has 0 atom stereocenters. The number of aryl methyl sites for hydroxylation is 6. The van der Waals surface area contributed by atoms with E-state index in [0.29, 0.717) is 0 Å². The molecule has 0 aliphatic rings. The second-order valence-electron chi connectivity index (χ2n) is 16.7. The zero-order chi connectivity index (χ0) is 54.6. The van der Waals surface area contributed by atoms with Crippen LogP contribution in [0.2, 0.25) is 0 Å². The van der Waals surface area contributed by atoms with Crippen molar-refractivity contribution in [1.82, 2.24) is 84.7 Å². The lowest BCUT2D eigenvalue weighted by Crippen LogP contribution is -1.90. The minimum absolute atomic E-state index is 0.891. The first-order valence-corrected chi connectivity index (χ1v) is 24.5. The third-order valence-corrected chi connectivity index (χ3v) is 11.2. The third-order valence-electron chi connectivity index (χ3n) is 11.2. The summed E-state index contributed by atoms with van der Waals surface area (Å²) in [6.07, 6.45) is 34.3. The van der Waals surface area contributed by atoms with Crippen LogP contribution in [0.1, 0.15) is 33.8 Å². The van der Waals surface area contributed by atoms with Crippen molar-refractivity contribution in [2.45, 2.75) is 41.5 Å². The summed E-state index contributed by atoms with van der Waals surface area (Å²) in [5.41, 5.74) is 18.2. The monoisotopic (exact) mass is 1030 g/mol. The Bertz CT molecular complexity index is 3010. The number of aromatic nitrogens is 17. The van der Waals surface area contributed by atoms with Crippen molar-refractivity contribution < 1.29 is 0 Å². The van der Waals surface area contributed by atoms with E-state index in [2.05, 4.69) is 96.9 Å². The summed E-state index contributed by atoms with van der Waals surface area (Å²) in [7, 11) is 0. The molecule has 0 aliphatic heterocycles. The predicted octanol–water partition coefficient (Wildman–Crippen LogP) is 11.7. The highest BCUT2D eigenvalue weighted by Gasteiger charge is 2.06. The molecular weight excluding hydrogens is 971 g/mol. The van der Waals surface area contributed by atoms with Crippen molar-refractivity contribution in [3.8, 4) is 67.4 Å². The van der Waals surface area contributed by atoms with Gasteiger partial charge in [0.1, 0.15) is 38.0 Å². The summed E-state index contributed by atoms with van der Waals surface area (Å²) >= 11 is 0. The van der Waals surface area contributed by atoms with E-state index in [9.17, 15) is 0 Å². The van der Waals surface area contributed by atoms with Gasteiger partial charge in [-0.1, -0.05) is 48.5 Å². The normalized spacial score (nSPS) is 9.92. The van der Waals surface area contributed by atoms with Crippen molar-refractivity contribution in [2.24, 2.45) is 0 Å². The van der Waals surface area contributed by atoms with Crippen LogP contribution in [0.3, 0.4) is 0 Å². The average molecular weight is 1030 g/mol. The first-order chi connectivity index (χ1) is 38.3. The largest absolute Gasteiger partial charge is 0.265 e. The summed E-state index contributed by atoms with van der Waals surface area (Å²) in [6.45, 7) is 11.9. The van der Waals surface area contributed by atoms with Gasteiger partial charge in [-0.05, 0) is 118 Å². The van der Waals surface area contributed by atoms with Gasteiger partial charge in [-0.2, -0.15) is 0 Å². The SMILES string of the molecule is Cc1cncnc1-c1ccccn1.Cc1cncnc1-c1cccnc1.Cc1cncnc1-c1ccncc1.Cc1ncncc1-c1ccccc1.Cc1ncncc1-c1ccccn1.Cc1ncncc1-c1cccnc1. The molecule has 17 heteroatoms. The summed E-state index contributed by atoms with van der Waals surface area (Å²) in [5, 5.41) is 0. The standard InChI is InChI=1S/C11H10N2.5C10H9N3/c1-9-11(7-12-8-13-9)10-5-3-2-4-6-10;1-8-6-12-7-13-10(8)9-2-4-11-5-3-9;1-8-10(6-12-7-13-8)9-3-2-4-11-5-9;1-8-5-12-7-13-10(8)9-3-2-4-11-6-9;1-8-9(6-11-7-13-8)10-4-2-3-5-12-10;1-8-6-11-7-13-10(8)9-4-2-3-5-12-9/h2-8H,1H3;5*2-7H,1H3. The molecule has 78 heavy (non-hydrogen) atoms. The van der Waals surface area contributed by atoms with Gasteiger partial charge in [0.25, 0.3) is 0 Å². The Morgan fingerprint density at radius 1 is 0.231 bits per heavy atom. The molecule has 0 N–H and O–H groups in total. The molecule has 11 heterocycles. The van der Waals surface area contributed by atoms with Crippen molar-refractivity contribution in [3.63, 3.8) is 0 Å². The lowest BCUT2D eigenvalue weighted by atomic mass is 10.1. The van der Waals surface area contributed by atoms with E-state index < -0.39 is 0 Å².